The molecule has 2 heterocycles. The number of pyridine rings is 1. The first kappa shape index (κ1) is 20.9. The molecule has 1 heteroatoms. The second-order valence-corrected chi connectivity index (χ2v) is 12.4. The van der Waals surface area contributed by atoms with Gasteiger partial charge < -0.3 is 0 Å². The Morgan fingerprint density at radius 2 is 1.52 bits per heavy atom. The molecule has 1 aromatic heterocycles. The average molecular weight is 435 g/mol. The lowest BCUT2D eigenvalue weighted by Crippen LogP contribution is -2.66. The molecule has 1 aliphatic heterocycles. The second kappa shape index (κ2) is 6.26. The van der Waals surface area contributed by atoms with Gasteiger partial charge in [0.2, 0.25) is 11.2 Å². The van der Waals surface area contributed by atoms with Crippen LogP contribution in [0.25, 0.3) is 32.9 Å². The van der Waals surface area contributed by atoms with Crippen molar-refractivity contribution in [1.29, 1.82) is 0 Å². The topological polar surface area (TPSA) is 3.88 Å². The van der Waals surface area contributed by atoms with E-state index in [-0.39, 0.29) is 16.4 Å². The standard InChI is InChI=1S/C32H36N/c1-19(2)17-21-12-10-14-26-22(21)18-25-29-28-24(31(5,6)32(7,8)33(26)29)16-15-20-11-9-13-23(27(20)28)30(25,3)4/h9-16,18-19H,17H2,1-8H3/q+1. The molecule has 3 aromatic carbocycles. The highest BCUT2D eigenvalue weighted by atomic mass is 15.1. The second-order valence-electron chi connectivity index (χ2n) is 12.4. The molecule has 0 amide bonds. The highest BCUT2D eigenvalue weighted by Gasteiger charge is 2.57. The van der Waals surface area contributed by atoms with Crippen LogP contribution in [0.2, 0.25) is 0 Å². The van der Waals surface area contributed by atoms with Gasteiger partial charge in [0.1, 0.15) is 0 Å². The van der Waals surface area contributed by atoms with E-state index >= 15 is 0 Å². The molecule has 0 unspecified atom stereocenters. The molecule has 0 bridgehead atoms. The maximum Gasteiger partial charge on any atom is 0.218 e. The van der Waals surface area contributed by atoms with Crippen molar-refractivity contribution in [3.05, 3.63) is 76.9 Å². The van der Waals surface area contributed by atoms with Crippen molar-refractivity contribution in [3.8, 4) is 11.3 Å². The number of hydrogen-bond donors (Lipinski definition) is 0. The van der Waals surface area contributed by atoms with Gasteiger partial charge in [-0.25, -0.2) is 0 Å². The predicted molar refractivity (Wildman–Crippen MR) is 140 cm³/mol. The Morgan fingerprint density at radius 3 is 2.24 bits per heavy atom. The number of aromatic nitrogens is 1. The van der Waals surface area contributed by atoms with Crippen LogP contribution in [-0.4, -0.2) is 0 Å². The quantitative estimate of drug-likeness (QED) is 0.283. The number of rotatable bonds is 2. The van der Waals surface area contributed by atoms with Gasteiger partial charge in [-0.05, 0) is 59.7 Å². The molecule has 0 N–H and O–H groups in total. The molecular formula is C32H36N+. The predicted octanol–water partition coefficient (Wildman–Crippen LogP) is 7.81. The minimum Gasteiger partial charge on any atom is -0.185 e. The van der Waals surface area contributed by atoms with Crippen molar-refractivity contribution in [3.63, 3.8) is 0 Å². The third-order valence-corrected chi connectivity index (χ3v) is 9.20. The third kappa shape index (κ3) is 2.41. The largest absolute Gasteiger partial charge is 0.218 e. The van der Waals surface area contributed by atoms with Gasteiger partial charge in [-0.15, -0.1) is 0 Å². The summed E-state index contributed by atoms with van der Waals surface area (Å²) in [5, 5.41) is 4.25. The molecule has 0 radical (unpaired) electrons. The SMILES string of the molecule is CC(C)Cc1cccc2c1cc1c3[n+]2C(C)(C)C(C)(C)c2ccc4cccc(c4c2-3)C1(C)C. The molecule has 6 rings (SSSR count). The normalized spacial score (nSPS) is 18.8. The Bertz CT molecular complexity index is 1480. The maximum absolute atomic E-state index is 2.72. The summed E-state index contributed by atoms with van der Waals surface area (Å²) in [6, 6.07) is 21.2. The molecule has 2 aliphatic rings. The van der Waals surface area contributed by atoms with Crippen LogP contribution >= 0.6 is 0 Å². The van der Waals surface area contributed by atoms with E-state index in [2.05, 4.69) is 115 Å². The Morgan fingerprint density at radius 1 is 0.788 bits per heavy atom. The summed E-state index contributed by atoms with van der Waals surface area (Å²) >= 11 is 0. The molecule has 168 valence electrons. The van der Waals surface area contributed by atoms with Gasteiger partial charge in [-0.3, -0.25) is 0 Å². The van der Waals surface area contributed by atoms with Crippen molar-refractivity contribution < 1.29 is 4.57 Å². The highest BCUT2D eigenvalue weighted by molar-refractivity contribution is 6.04. The Hall–Kier alpha value is -2.67. The summed E-state index contributed by atoms with van der Waals surface area (Å²) in [4.78, 5) is 0. The number of benzene rings is 3. The van der Waals surface area contributed by atoms with E-state index in [0.717, 1.165) is 6.42 Å². The van der Waals surface area contributed by atoms with E-state index in [0.29, 0.717) is 5.92 Å². The summed E-state index contributed by atoms with van der Waals surface area (Å²) in [6.45, 7) is 19.3. The van der Waals surface area contributed by atoms with Crippen molar-refractivity contribution in [2.45, 2.75) is 78.2 Å². The molecular weight excluding hydrogens is 398 g/mol. The van der Waals surface area contributed by atoms with Crippen LogP contribution in [0, 0.1) is 5.92 Å². The molecule has 4 aromatic rings. The van der Waals surface area contributed by atoms with Gasteiger partial charge in [-0.1, -0.05) is 70.2 Å². The van der Waals surface area contributed by atoms with Gasteiger partial charge in [0.05, 0.1) is 11.0 Å². The summed E-state index contributed by atoms with van der Waals surface area (Å²) in [5.41, 5.74) is 10.0. The van der Waals surface area contributed by atoms with Crippen LogP contribution in [0.15, 0.2) is 54.6 Å². The molecule has 0 atom stereocenters. The first-order chi connectivity index (χ1) is 15.5. The van der Waals surface area contributed by atoms with E-state index in [4.69, 9.17) is 0 Å². The lowest BCUT2D eigenvalue weighted by Gasteiger charge is -2.46. The van der Waals surface area contributed by atoms with Crippen molar-refractivity contribution in [1.82, 2.24) is 0 Å². The summed E-state index contributed by atoms with van der Waals surface area (Å²) < 4.78 is 2.72. The van der Waals surface area contributed by atoms with E-state index in [1.807, 2.05) is 0 Å². The van der Waals surface area contributed by atoms with Gasteiger partial charge in [-0.2, -0.15) is 4.57 Å². The first-order valence-corrected chi connectivity index (χ1v) is 12.6. The van der Waals surface area contributed by atoms with E-state index < -0.39 is 0 Å². The van der Waals surface area contributed by atoms with E-state index in [1.54, 1.807) is 0 Å². The summed E-state index contributed by atoms with van der Waals surface area (Å²) in [5.74, 6) is 0.631. The molecule has 0 fully saturated rings. The summed E-state index contributed by atoms with van der Waals surface area (Å²) in [6.07, 6.45) is 1.11. The fourth-order valence-corrected chi connectivity index (χ4v) is 6.76. The zero-order valence-corrected chi connectivity index (χ0v) is 21.4. The van der Waals surface area contributed by atoms with Gasteiger partial charge in [0.25, 0.3) is 0 Å². The molecule has 0 saturated carbocycles. The number of hydrogen-bond acceptors (Lipinski definition) is 0. The van der Waals surface area contributed by atoms with Gasteiger partial charge in [0.15, 0.2) is 5.54 Å². The van der Waals surface area contributed by atoms with E-state index in [1.165, 1.54) is 55.2 Å². The maximum atomic E-state index is 2.72. The van der Waals surface area contributed by atoms with Gasteiger partial charge >= 0.3 is 0 Å². The molecule has 0 spiro atoms. The van der Waals surface area contributed by atoms with Crippen molar-refractivity contribution in [2.24, 2.45) is 5.92 Å². The number of nitrogens with zero attached hydrogens (tertiary/aromatic N) is 1. The van der Waals surface area contributed by atoms with Crippen LogP contribution in [0.3, 0.4) is 0 Å². The lowest BCUT2D eigenvalue weighted by molar-refractivity contribution is -0.737. The fraction of sp³-hybridized carbons (Fsp3) is 0.406. The smallest absolute Gasteiger partial charge is 0.185 e. The molecule has 1 aliphatic carbocycles. The van der Waals surface area contributed by atoms with Crippen LogP contribution in [0.1, 0.15) is 77.6 Å². The van der Waals surface area contributed by atoms with Crippen LogP contribution in [-0.2, 0) is 22.8 Å². The molecule has 33 heavy (non-hydrogen) atoms. The first-order valence-electron chi connectivity index (χ1n) is 12.6. The Balaban J connectivity index is 1.91. The van der Waals surface area contributed by atoms with Crippen molar-refractivity contribution in [2.75, 3.05) is 0 Å². The Labute approximate surface area is 198 Å². The van der Waals surface area contributed by atoms with Crippen LogP contribution < -0.4 is 4.57 Å². The lowest BCUT2D eigenvalue weighted by atomic mass is 9.60. The zero-order valence-electron chi connectivity index (χ0n) is 21.4. The van der Waals surface area contributed by atoms with Crippen LogP contribution in [0.4, 0.5) is 0 Å². The highest BCUT2D eigenvalue weighted by Crippen LogP contribution is 2.56. The minimum atomic E-state index is -0.0733. The number of fused-ring (bicyclic) bond motifs is 2. The zero-order chi connectivity index (χ0) is 23.5. The van der Waals surface area contributed by atoms with E-state index in [9.17, 15) is 0 Å². The van der Waals surface area contributed by atoms with Crippen molar-refractivity contribution >= 4 is 21.7 Å². The third-order valence-electron chi connectivity index (χ3n) is 9.20. The fourth-order valence-electron chi connectivity index (χ4n) is 6.76. The average Bonchev–Trinajstić information content (AvgIpc) is 2.74. The van der Waals surface area contributed by atoms with Gasteiger partial charge in [0, 0.05) is 36.3 Å². The van der Waals surface area contributed by atoms with Crippen LogP contribution in [0.5, 0.6) is 0 Å². The molecule has 0 saturated heterocycles. The monoisotopic (exact) mass is 434 g/mol. The summed E-state index contributed by atoms with van der Waals surface area (Å²) in [7, 11) is 0. The Kier molecular flexibility index (Phi) is 3.96. The minimum absolute atomic E-state index is 0.0115. The molecule has 1 nitrogen and oxygen atoms in total.